The third-order valence-corrected chi connectivity index (χ3v) is 3.42. The van der Waals surface area contributed by atoms with Gasteiger partial charge in [-0.05, 0) is 29.8 Å². The maximum atomic E-state index is 13.5. The molecule has 0 aliphatic carbocycles. The molecule has 0 spiro atoms. The van der Waals surface area contributed by atoms with E-state index in [1.165, 1.54) is 42.7 Å². The van der Waals surface area contributed by atoms with Gasteiger partial charge in [-0.1, -0.05) is 12.1 Å². The van der Waals surface area contributed by atoms with E-state index in [0.717, 1.165) is 0 Å². The van der Waals surface area contributed by atoms with Crippen LogP contribution in [0.5, 0.6) is 0 Å². The van der Waals surface area contributed by atoms with Crippen LogP contribution in [0.3, 0.4) is 0 Å². The number of fused-ring (bicyclic) bond motifs is 1. The summed E-state index contributed by atoms with van der Waals surface area (Å²) in [5, 5.41) is 2.35. The monoisotopic (exact) mass is 349 g/mol. The van der Waals surface area contributed by atoms with E-state index >= 15 is 0 Å². The number of aromatic nitrogens is 2. The lowest BCUT2D eigenvalue weighted by atomic mass is 10.0. The van der Waals surface area contributed by atoms with Gasteiger partial charge in [-0.15, -0.1) is 0 Å². The molecule has 0 aliphatic rings. The fourth-order valence-electron chi connectivity index (χ4n) is 2.31. The Balaban J connectivity index is 2.02. The summed E-state index contributed by atoms with van der Waals surface area (Å²) in [7, 11) is 0. The van der Waals surface area contributed by atoms with Crippen molar-refractivity contribution in [2.24, 2.45) is 0 Å². The fourth-order valence-corrected chi connectivity index (χ4v) is 2.31. The highest BCUT2D eigenvalue weighted by atomic mass is 19.4. The SMILES string of the molecule is O=C(NCC(F)(F)F)c1ccc2cncc(-c3cccc(F)c3)c2n1. The zero-order valence-corrected chi connectivity index (χ0v) is 12.6. The first kappa shape index (κ1) is 16.8. The number of pyridine rings is 2. The van der Waals surface area contributed by atoms with Crippen LogP contribution in [0.15, 0.2) is 48.8 Å². The van der Waals surface area contributed by atoms with Crippen LogP contribution < -0.4 is 5.32 Å². The second kappa shape index (κ2) is 6.46. The van der Waals surface area contributed by atoms with Gasteiger partial charge in [0, 0.05) is 23.3 Å². The van der Waals surface area contributed by atoms with Gasteiger partial charge in [0.2, 0.25) is 0 Å². The number of hydrogen-bond acceptors (Lipinski definition) is 3. The van der Waals surface area contributed by atoms with E-state index in [0.29, 0.717) is 22.0 Å². The summed E-state index contributed by atoms with van der Waals surface area (Å²) in [6.45, 7) is -1.45. The number of nitrogens with one attached hydrogen (secondary N) is 1. The van der Waals surface area contributed by atoms with Crippen LogP contribution in [0.2, 0.25) is 0 Å². The van der Waals surface area contributed by atoms with Crippen molar-refractivity contribution in [2.45, 2.75) is 6.18 Å². The minimum absolute atomic E-state index is 0.166. The number of hydrogen-bond donors (Lipinski definition) is 1. The average molecular weight is 349 g/mol. The van der Waals surface area contributed by atoms with Crippen molar-refractivity contribution in [1.29, 1.82) is 0 Å². The summed E-state index contributed by atoms with van der Waals surface area (Å²) in [5.41, 5.74) is 1.15. The summed E-state index contributed by atoms with van der Waals surface area (Å²) < 4.78 is 50.1. The Labute approximate surface area is 139 Å². The molecular weight excluding hydrogens is 338 g/mol. The van der Waals surface area contributed by atoms with Crippen molar-refractivity contribution in [3.05, 3.63) is 60.3 Å². The number of carbonyl (C=O) groups is 1. The lowest BCUT2D eigenvalue weighted by molar-refractivity contribution is -0.123. The zero-order chi connectivity index (χ0) is 18.0. The summed E-state index contributed by atoms with van der Waals surface area (Å²) in [6.07, 6.45) is -1.55. The minimum atomic E-state index is -4.51. The average Bonchev–Trinajstić information content (AvgIpc) is 2.58. The zero-order valence-electron chi connectivity index (χ0n) is 12.6. The summed E-state index contributed by atoms with van der Waals surface area (Å²) >= 11 is 0. The topological polar surface area (TPSA) is 54.9 Å². The number of carbonyl (C=O) groups excluding carboxylic acids is 1. The third kappa shape index (κ3) is 3.90. The van der Waals surface area contributed by atoms with Crippen LogP contribution in [0, 0.1) is 5.82 Å². The second-order valence-electron chi connectivity index (χ2n) is 5.26. The molecule has 0 saturated carbocycles. The van der Waals surface area contributed by atoms with Gasteiger partial charge in [-0.25, -0.2) is 9.37 Å². The van der Waals surface area contributed by atoms with E-state index in [2.05, 4.69) is 9.97 Å². The van der Waals surface area contributed by atoms with Gasteiger partial charge in [0.15, 0.2) is 0 Å². The molecule has 4 nitrogen and oxygen atoms in total. The number of rotatable bonds is 3. The number of halogens is 4. The van der Waals surface area contributed by atoms with E-state index in [-0.39, 0.29) is 5.69 Å². The van der Waals surface area contributed by atoms with Gasteiger partial charge >= 0.3 is 6.18 Å². The molecule has 0 radical (unpaired) electrons. The third-order valence-electron chi connectivity index (χ3n) is 3.42. The molecule has 0 fully saturated rings. The Morgan fingerprint density at radius 1 is 1.12 bits per heavy atom. The van der Waals surface area contributed by atoms with E-state index in [1.54, 1.807) is 11.4 Å². The Kier molecular flexibility index (Phi) is 4.35. The molecule has 0 aliphatic heterocycles. The number of nitrogens with zero attached hydrogens (tertiary/aromatic N) is 2. The predicted octanol–water partition coefficient (Wildman–Crippen LogP) is 3.73. The first-order valence-electron chi connectivity index (χ1n) is 7.19. The molecule has 0 atom stereocenters. The molecule has 0 bridgehead atoms. The summed E-state index contributed by atoms with van der Waals surface area (Å²) in [6, 6.07) is 8.58. The molecule has 0 unspecified atom stereocenters. The van der Waals surface area contributed by atoms with Crippen molar-refractivity contribution in [2.75, 3.05) is 6.54 Å². The fraction of sp³-hybridized carbons (Fsp3) is 0.118. The maximum Gasteiger partial charge on any atom is 0.405 e. The largest absolute Gasteiger partial charge is 0.405 e. The molecule has 3 rings (SSSR count). The molecule has 1 N–H and O–H groups in total. The molecule has 3 aromatic rings. The van der Waals surface area contributed by atoms with Gasteiger partial charge in [-0.2, -0.15) is 13.2 Å². The van der Waals surface area contributed by atoms with Crippen molar-refractivity contribution < 1.29 is 22.4 Å². The quantitative estimate of drug-likeness (QED) is 0.733. The number of alkyl halides is 3. The van der Waals surface area contributed by atoms with Crippen LogP contribution in [0.4, 0.5) is 17.6 Å². The minimum Gasteiger partial charge on any atom is -0.342 e. The Morgan fingerprint density at radius 2 is 1.92 bits per heavy atom. The van der Waals surface area contributed by atoms with Crippen LogP contribution in [0.25, 0.3) is 22.0 Å². The molecular formula is C17H11F4N3O. The van der Waals surface area contributed by atoms with Crippen molar-refractivity contribution >= 4 is 16.8 Å². The van der Waals surface area contributed by atoms with E-state index in [9.17, 15) is 22.4 Å². The van der Waals surface area contributed by atoms with Gasteiger partial charge in [-0.3, -0.25) is 9.78 Å². The Bertz CT molecular complexity index is 941. The van der Waals surface area contributed by atoms with E-state index in [1.807, 2.05) is 0 Å². The standard InChI is InChI=1S/C17H11F4N3O/c18-12-3-1-2-10(6-12)13-8-22-7-11-4-5-14(24-15(11)13)16(25)23-9-17(19,20)21/h1-8H,9H2,(H,23,25). The number of amides is 1. The maximum absolute atomic E-state index is 13.5. The van der Waals surface area contributed by atoms with Crippen molar-refractivity contribution in [1.82, 2.24) is 15.3 Å². The van der Waals surface area contributed by atoms with Crippen LogP contribution in [-0.4, -0.2) is 28.6 Å². The molecule has 1 aromatic carbocycles. The highest BCUT2D eigenvalue weighted by Gasteiger charge is 2.28. The predicted molar refractivity (Wildman–Crippen MR) is 83.3 cm³/mol. The first-order chi connectivity index (χ1) is 11.8. The molecule has 25 heavy (non-hydrogen) atoms. The summed E-state index contributed by atoms with van der Waals surface area (Å²) in [5.74, 6) is -1.39. The van der Waals surface area contributed by atoms with Crippen LogP contribution in [-0.2, 0) is 0 Å². The van der Waals surface area contributed by atoms with Crippen LogP contribution >= 0.6 is 0 Å². The van der Waals surface area contributed by atoms with Gasteiger partial charge in [0.1, 0.15) is 18.1 Å². The van der Waals surface area contributed by atoms with E-state index < -0.39 is 24.4 Å². The van der Waals surface area contributed by atoms with E-state index in [4.69, 9.17) is 0 Å². The molecule has 2 heterocycles. The molecule has 1 amide bonds. The lowest BCUT2D eigenvalue weighted by Gasteiger charge is -2.10. The van der Waals surface area contributed by atoms with Crippen molar-refractivity contribution in [3.63, 3.8) is 0 Å². The molecule has 8 heteroatoms. The summed E-state index contributed by atoms with van der Waals surface area (Å²) in [4.78, 5) is 20.1. The smallest absolute Gasteiger partial charge is 0.342 e. The Morgan fingerprint density at radius 3 is 2.64 bits per heavy atom. The van der Waals surface area contributed by atoms with Gasteiger partial charge in [0.25, 0.3) is 5.91 Å². The first-order valence-corrected chi connectivity index (χ1v) is 7.19. The second-order valence-corrected chi connectivity index (χ2v) is 5.26. The highest BCUT2D eigenvalue weighted by molar-refractivity contribution is 5.98. The van der Waals surface area contributed by atoms with Crippen LogP contribution in [0.1, 0.15) is 10.5 Å². The van der Waals surface area contributed by atoms with Crippen molar-refractivity contribution in [3.8, 4) is 11.1 Å². The van der Waals surface area contributed by atoms with Gasteiger partial charge in [0.05, 0.1) is 5.52 Å². The van der Waals surface area contributed by atoms with Gasteiger partial charge < -0.3 is 5.32 Å². The molecule has 0 saturated heterocycles. The normalized spacial score (nSPS) is 11.5. The molecule has 128 valence electrons. The highest BCUT2D eigenvalue weighted by Crippen LogP contribution is 2.27. The Hall–Kier alpha value is -3.03. The number of benzene rings is 1. The lowest BCUT2D eigenvalue weighted by Crippen LogP contribution is -2.34. The molecule has 2 aromatic heterocycles.